The Bertz CT molecular complexity index is 942. The van der Waals surface area contributed by atoms with E-state index in [1.807, 2.05) is 0 Å². The number of rotatable bonds is 4. The number of methoxy groups -OCH3 is 1. The number of hydrogen-bond acceptors (Lipinski definition) is 3. The van der Waals surface area contributed by atoms with Crippen LogP contribution in [0.3, 0.4) is 0 Å². The first-order valence-electron chi connectivity index (χ1n) is 8.58. The maximum absolute atomic E-state index is 13.2. The van der Waals surface area contributed by atoms with Crippen LogP contribution in [0.2, 0.25) is 0 Å². The van der Waals surface area contributed by atoms with E-state index in [-0.39, 0.29) is 11.4 Å². The summed E-state index contributed by atoms with van der Waals surface area (Å²) in [4.78, 5) is 24.8. The number of carbonyl (C=O) groups is 2. The molecule has 0 saturated carbocycles. The molecule has 1 saturated heterocycles. The van der Waals surface area contributed by atoms with E-state index in [0.717, 1.165) is 6.07 Å². The largest absolute Gasteiger partial charge is 0.497 e. The number of amides is 3. The minimum absolute atomic E-state index is 0.0801. The Hall–Kier alpha value is -3.49. The molecule has 0 aromatic heterocycles. The summed E-state index contributed by atoms with van der Waals surface area (Å²) in [6, 6.07) is 9.92. The van der Waals surface area contributed by atoms with Gasteiger partial charge in [0.2, 0.25) is 5.91 Å². The van der Waals surface area contributed by atoms with Crippen molar-refractivity contribution < 1.29 is 27.5 Å². The maximum atomic E-state index is 13.2. The number of carbonyl (C=O) groups excluding carboxylic acids is 2. The molecule has 1 heterocycles. The molecule has 0 aliphatic carbocycles. The number of halogens is 3. The van der Waals surface area contributed by atoms with Crippen molar-refractivity contribution in [2.45, 2.75) is 12.2 Å². The van der Waals surface area contributed by atoms with Gasteiger partial charge in [-0.15, -0.1) is 0 Å². The fourth-order valence-electron chi connectivity index (χ4n) is 3.13. The van der Waals surface area contributed by atoms with Crippen molar-refractivity contribution in [3.63, 3.8) is 0 Å². The fourth-order valence-corrected chi connectivity index (χ4v) is 3.13. The Kier molecular flexibility index (Phi) is 5.49. The normalized spacial score (nSPS) is 19.2. The summed E-state index contributed by atoms with van der Waals surface area (Å²) in [5, 5.41) is 7.36. The molecule has 152 valence electrons. The van der Waals surface area contributed by atoms with Gasteiger partial charge in [-0.1, -0.05) is 30.8 Å². The average Bonchev–Trinajstić information content (AvgIpc) is 2.67. The Morgan fingerprint density at radius 2 is 1.79 bits per heavy atom. The van der Waals surface area contributed by atoms with Crippen molar-refractivity contribution >= 4 is 17.6 Å². The van der Waals surface area contributed by atoms with Crippen molar-refractivity contribution in [3.8, 4) is 5.75 Å². The molecule has 0 spiro atoms. The quantitative estimate of drug-likeness (QED) is 0.723. The van der Waals surface area contributed by atoms with Crippen molar-refractivity contribution in [3.05, 3.63) is 71.9 Å². The van der Waals surface area contributed by atoms with Crippen LogP contribution in [0, 0.1) is 5.92 Å². The SMILES string of the molecule is C=C1NC(=O)N[C@H](c2ccc(OC)cc2)[C@H]1C(=O)Nc1ccccc1C(F)(F)F. The van der Waals surface area contributed by atoms with Gasteiger partial charge < -0.3 is 20.7 Å². The van der Waals surface area contributed by atoms with E-state index in [4.69, 9.17) is 4.74 Å². The highest BCUT2D eigenvalue weighted by molar-refractivity contribution is 5.97. The molecule has 2 aromatic rings. The highest BCUT2D eigenvalue weighted by Crippen LogP contribution is 2.36. The van der Waals surface area contributed by atoms with Crippen LogP contribution in [0.5, 0.6) is 5.75 Å². The monoisotopic (exact) mass is 405 g/mol. The molecular formula is C20H18F3N3O3. The van der Waals surface area contributed by atoms with Gasteiger partial charge in [-0.2, -0.15) is 13.2 Å². The first kappa shape index (κ1) is 20.2. The predicted octanol–water partition coefficient (Wildman–Crippen LogP) is 3.84. The number of ether oxygens (including phenoxy) is 1. The van der Waals surface area contributed by atoms with E-state index in [1.54, 1.807) is 24.3 Å². The Balaban J connectivity index is 1.92. The summed E-state index contributed by atoms with van der Waals surface area (Å²) in [6.45, 7) is 3.71. The third-order valence-corrected chi connectivity index (χ3v) is 4.52. The van der Waals surface area contributed by atoms with Gasteiger partial charge in [0.25, 0.3) is 0 Å². The first-order chi connectivity index (χ1) is 13.7. The molecule has 2 aromatic carbocycles. The number of benzene rings is 2. The second-order valence-corrected chi connectivity index (χ2v) is 6.38. The molecular weight excluding hydrogens is 387 g/mol. The molecule has 29 heavy (non-hydrogen) atoms. The molecule has 1 aliphatic heterocycles. The molecule has 3 amide bonds. The molecule has 6 nitrogen and oxygen atoms in total. The van der Waals surface area contributed by atoms with E-state index < -0.39 is 35.6 Å². The number of urea groups is 1. The van der Waals surface area contributed by atoms with Crippen LogP contribution in [-0.2, 0) is 11.0 Å². The maximum Gasteiger partial charge on any atom is 0.418 e. The summed E-state index contributed by atoms with van der Waals surface area (Å²) in [5.41, 5.74) is -0.682. The van der Waals surface area contributed by atoms with Gasteiger partial charge in [-0.3, -0.25) is 4.79 Å². The minimum atomic E-state index is -4.63. The molecule has 3 N–H and O–H groups in total. The van der Waals surface area contributed by atoms with Crippen LogP contribution in [-0.4, -0.2) is 19.0 Å². The van der Waals surface area contributed by atoms with Crippen molar-refractivity contribution in [1.82, 2.24) is 10.6 Å². The third kappa shape index (κ3) is 4.34. The van der Waals surface area contributed by atoms with E-state index in [1.165, 1.54) is 25.3 Å². The molecule has 1 fully saturated rings. The van der Waals surface area contributed by atoms with Crippen LogP contribution in [0.4, 0.5) is 23.7 Å². The highest BCUT2D eigenvalue weighted by atomic mass is 19.4. The summed E-state index contributed by atoms with van der Waals surface area (Å²) < 4.78 is 44.8. The van der Waals surface area contributed by atoms with Gasteiger partial charge in [-0.05, 0) is 29.8 Å². The van der Waals surface area contributed by atoms with Crippen LogP contribution >= 0.6 is 0 Å². The lowest BCUT2D eigenvalue weighted by molar-refractivity contribution is -0.137. The van der Waals surface area contributed by atoms with E-state index in [9.17, 15) is 22.8 Å². The fraction of sp³-hybridized carbons (Fsp3) is 0.200. The van der Waals surface area contributed by atoms with E-state index >= 15 is 0 Å². The van der Waals surface area contributed by atoms with Crippen molar-refractivity contribution in [1.29, 1.82) is 0 Å². The number of nitrogens with one attached hydrogen (secondary N) is 3. The van der Waals surface area contributed by atoms with Crippen LogP contribution in [0.15, 0.2) is 60.8 Å². The summed E-state index contributed by atoms with van der Waals surface area (Å²) >= 11 is 0. The lowest BCUT2D eigenvalue weighted by atomic mass is 9.88. The predicted molar refractivity (Wildman–Crippen MR) is 100 cm³/mol. The minimum Gasteiger partial charge on any atom is -0.497 e. The number of alkyl halides is 3. The summed E-state index contributed by atoms with van der Waals surface area (Å²) in [6.07, 6.45) is -4.63. The zero-order valence-corrected chi connectivity index (χ0v) is 15.3. The Morgan fingerprint density at radius 1 is 1.14 bits per heavy atom. The second kappa shape index (κ2) is 7.86. The molecule has 0 radical (unpaired) electrons. The molecule has 0 bridgehead atoms. The number of hydrogen-bond donors (Lipinski definition) is 3. The van der Waals surface area contributed by atoms with E-state index in [0.29, 0.717) is 11.3 Å². The zero-order valence-electron chi connectivity index (χ0n) is 15.3. The second-order valence-electron chi connectivity index (χ2n) is 6.38. The number of anilines is 1. The summed E-state index contributed by atoms with van der Waals surface area (Å²) in [7, 11) is 1.50. The van der Waals surface area contributed by atoms with Gasteiger partial charge >= 0.3 is 12.2 Å². The zero-order chi connectivity index (χ0) is 21.2. The molecule has 3 rings (SSSR count). The van der Waals surface area contributed by atoms with Crippen LogP contribution in [0.25, 0.3) is 0 Å². The van der Waals surface area contributed by atoms with Gasteiger partial charge in [0, 0.05) is 5.70 Å². The van der Waals surface area contributed by atoms with E-state index in [2.05, 4.69) is 22.5 Å². The standard InChI is InChI=1S/C20H18F3N3O3/c1-11-16(18(27)25-15-6-4-3-5-14(15)20(21,22)23)17(26-19(28)24-11)12-7-9-13(29-2)10-8-12/h3-10,16-17H,1H2,2H3,(H,25,27)(H2,24,26,28)/t16-,17+/m0/s1. The molecule has 9 heteroatoms. The lowest BCUT2D eigenvalue weighted by Crippen LogP contribution is -2.51. The van der Waals surface area contributed by atoms with Crippen LogP contribution in [0.1, 0.15) is 17.2 Å². The Morgan fingerprint density at radius 3 is 2.41 bits per heavy atom. The van der Waals surface area contributed by atoms with Gasteiger partial charge in [0.15, 0.2) is 0 Å². The topological polar surface area (TPSA) is 79.5 Å². The van der Waals surface area contributed by atoms with Crippen molar-refractivity contribution in [2.75, 3.05) is 12.4 Å². The lowest BCUT2D eigenvalue weighted by Gasteiger charge is -2.34. The van der Waals surface area contributed by atoms with Crippen molar-refractivity contribution in [2.24, 2.45) is 5.92 Å². The van der Waals surface area contributed by atoms with Gasteiger partial charge in [0.1, 0.15) is 11.7 Å². The molecule has 2 atom stereocenters. The Labute approximate surface area is 164 Å². The third-order valence-electron chi connectivity index (χ3n) is 4.52. The average molecular weight is 405 g/mol. The van der Waals surface area contributed by atoms with Gasteiger partial charge in [0.05, 0.1) is 24.4 Å². The van der Waals surface area contributed by atoms with Crippen LogP contribution < -0.4 is 20.7 Å². The molecule has 1 aliphatic rings. The summed E-state index contributed by atoms with van der Waals surface area (Å²) in [5.74, 6) is -1.20. The highest BCUT2D eigenvalue weighted by Gasteiger charge is 2.39. The smallest absolute Gasteiger partial charge is 0.418 e. The molecule has 0 unspecified atom stereocenters. The number of para-hydroxylation sites is 1. The first-order valence-corrected chi connectivity index (χ1v) is 8.58. The van der Waals surface area contributed by atoms with Gasteiger partial charge in [-0.25, -0.2) is 4.79 Å².